The van der Waals surface area contributed by atoms with Crippen LogP contribution in [0.3, 0.4) is 0 Å². The van der Waals surface area contributed by atoms with Crippen LogP contribution in [0.4, 0.5) is 0 Å². The average Bonchev–Trinajstić information content (AvgIpc) is 2.96. The summed E-state index contributed by atoms with van der Waals surface area (Å²) in [4.78, 5) is 14.9. The zero-order valence-corrected chi connectivity index (χ0v) is 12.6. The molecule has 0 bridgehead atoms. The Kier molecular flexibility index (Phi) is 4.19. The molecule has 3 aromatic rings. The number of fused-ring (bicyclic) bond motifs is 1. The molecule has 0 saturated heterocycles. The average molecular weight is 289 g/mol. The Morgan fingerprint density at radius 1 is 1.09 bits per heavy atom. The van der Waals surface area contributed by atoms with E-state index in [1.54, 1.807) is 6.92 Å². The molecule has 0 saturated carbocycles. The van der Waals surface area contributed by atoms with E-state index >= 15 is 0 Å². The number of aromatic nitrogens is 1. The molecular formula is C20H19NO. The van der Waals surface area contributed by atoms with E-state index in [1.165, 1.54) is 10.9 Å². The zero-order chi connectivity index (χ0) is 15.4. The van der Waals surface area contributed by atoms with Gasteiger partial charge in [-0.1, -0.05) is 60.7 Å². The third-order valence-corrected chi connectivity index (χ3v) is 3.85. The van der Waals surface area contributed by atoms with Gasteiger partial charge in [-0.2, -0.15) is 0 Å². The maximum atomic E-state index is 11.7. The molecular weight excluding hydrogens is 270 g/mol. The summed E-state index contributed by atoms with van der Waals surface area (Å²) in [5.41, 5.74) is 3.44. The molecule has 2 heteroatoms. The van der Waals surface area contributed by atoms with E-state index in [4.69, 9.17) is 0 Å². The number of para-hydroxylation sites is 1. The molecule has 2 nitrogen and oxygen atoms in total. The number of rotatable bonds is 5. The fourth-order valence-electron chi connectivity index (χ4n) is 2.78. The van der Waals surface area contributed by atoms with E-state index in [9.17, 15) is 4.79 Å². The number of allylic oxidation sites excluding steroid dienone is 1. The number of hydrogen-bond acceptors (Lipinski definition) is 1. The monoisotopic (exact) mass is 289 g/mol. The highest BCUT2D eigenvalue weighted by molar-refractivity contribution is 5.85. The lowest BCUT2D eigenvalue weighted by Gasteiger charge is -2.10. The third-order valence-electron chi connectivity index (χ3n) is 3.85. The molecule has 1 aromatic heterocycles. The SMILES string of the molecule is CC(=O)C[C@@H](/C=C/c1ccccc1)c1c[nH]c2ccccc12. The number of nitrogens with one attached hydrogen (secondary N) is 1. The number of aromatic amines is 1. The predicted octanol–water partition coefficient (Wildman–Crippen LogP) is 4.94. The van der Waals surface area contributed by atoms with Gasteiger partial charge in [0.2, 0.25) is 0 Å². The van der Waals surface area contributed by atoms with Gasteiger partial charge in [0.25, 0.3) is 0 Å². The quantitative estimate of drug-likeness (QED) is 0.708. The van der Waals surface area contributed by atoms with Crippen molar-refractivity contribution in [3.8, 4) is 0 Å². The zero-order valence-electron chi connectivity index (χ0n) is 12.6. The number of benzene rings is 2. The van der Waals surface area contributed by atoms with Gasteiger partial charge in [0.1, 0.15) is 5.78 Å². The fraction of sp³-hybridized carbons (Fsp3) is 0.150. The second kappa shape index (κ2) is 6.44. The topological polar surface area (TPSA) is 32.9 Å². The summed E-state index contributed by atoms with van der Waals surface area (Å²) in [6, 6.07) is 18.4. The Bertz CT molecular complexity index is 799. The van der Waals surface area contributed by atoms with Crippen molar-refractivity contribution >= 4 is 22.8 Å². The van der Waals surface area contributed by atoms with E-state index < -0.39 is 0 Å². The summed E-state index contributed by atoms with van der Waals surface area (Å²) in [6.07, 6.45) is 6.76. The largest absolute Gasteiger partial charge is 0.361 e. The number of carbonyl (C=O) groups excluding carboxylic acids is 1. The van der Waals surface area contributed by atoms with Crippen molar-refractivity contribution in [1.29, 1.82) is 0 Å². The van der Waals surface area contributed by atoms with Gasteiger partial charge in [0.15, 0.2) is 0 Å². The number of Topliss-reactive ketones (excluding diaryl/α,β-unsaturated/α-hetero) is 1. The van der Waals surface area contributed by atoms with Gasteiger partial charge in [0, 0.05) is 29.4 Å². The van der Waals surface area contributed by atoms with Gasteiger partial charge in [-0.3, -0.25) is 4.79 Å². The molecule has 1 atom stereocenters. The molecule has 0 unspecified atom stereocenters. The van der Waals surface area contributed by atoms with Crippen molar-refractivity contribution in [3.63, 3.8) is 0 Å². The molecule has 3 rings (SSSR count). The van der Waals surface area contributed by atoms with Crippen LogP contribution in [0.1, 0.15) is 30.4 Å². The first kappa shape index (κ1) is 14.3. The Balaban J connectivity index is 1.96. The highest BCUT2D eigenvalue weighted by Gasteiger charge is 2.15. The van der Waals surface area contributed by atoms with E-state index in [-0.39, 0.29) is 11.7 Å². The lowest BCUT2D eigenvalue weighted by atomic mass is 9.92. The van der Waals surface area contributed by atoms with Gasteiger partial charge in [-0.25, -0.2) is 0 Å². The molecule has 22 heavy (non-hydrogen) atoms. The fourth-order valence-corrected chi connectivity index (χ4v) is 2.78. The second-order valence-electron chi connectivity index (χ2n) is 5.57. The molecule has 0 aliphatic heterocycles. The minimum absolute atomic E-state index is 0.0915. The first-order valence-corrected chi connectivity index (χ1v) is 7.53. The van der Waals surface area contributed by atoms with Crippen molar-refractivity contribution in [2.75, 3.05) is 0 Å². The summed E-state index contributed by atoms with van der Waals surface area (Å²) >= 11 is 0. The molecule has 1 N–H and O–H groups in total. The molecule has 0 spiro atoms. The van der Waals surface area contributed by atoms with Crippen LogP contribution >= 0.6 is 0 Å². The first-order chi connectivity index (χ1) is 10.7. The molecule has 0 radical (unpaired) electrons. The molecule has 0 aliphatic carbocycles. The van der Waals surface area contributed by atoms with E-state index in [0.29, 0.717) is 6.42 Å². The van der Waals surface area contributed by atoms with Crippen LogP contribution in [0, 0.1) is 0 Å². The molecule has 110 valence electrons. The Morgan fingerprint density at radius 3 is 2.59 bits per heavy atom. The summed E-state index contributed by atoms with van der Waals surface area (Å²) in [5, 5.41) is 1.19. The Labute approximate surface area is 130 Å². The maximum absolute atomic E-state index is 11.7. The van der Waals surface area contributed by atoms with Gasteiger partial charge < -0.3 is 4.98 Å². The van der Waals surface area contributed by atoms with Crippen LogP contribution in [0.2, 0.25) is 0 Å². The summed E-state index contributed by atoms with van der Waals surface area (Å²) in [7, 11) is 0. The van der Waals surface area contributed by atoms with Crippen molar-refractivity contribution in [2.24, 2.45) is 0 Å². The Morgan fingerprint density at radius 2 is 1.82 bits per heavy atom. The van der Waals surface area contributed by atoms with Gasteiger partial charge >= 0.3 is 0 Å². The van der Waals surface area contributed by atoms with Crippen LogP contribution in [0.25, 0.3) is 17.0 Å². The van der Waals surface area contributed by atoms with Gasteiger partial charge in [-0.15, -0.1) is 0 Å². The van der Waals surface area contributed by atoms with E-state index in [2.05, 4.69) is 41.4 Å². The highest BCUT2D eigenvalue weighted by atomic mass is 16.1. The maximum Gasteiger partial charge on any atom is 0.130 e. The standard InChI is InChI=1S/C20H19NO/c1-15(22)13-17(12-11-16-7-3-2-4-8-16)19-14-21-20-10-6-5-9-18(19)20/h2-12,14,17,21H,13H2,1H3/b12-11+/t17-/m1/s1. The minimum atomic E-state index is 0.0915. The van der Waals surface area contributed by atoms with Crippen molar-refractivity contribution in [3.05, 3.63) is 78.0 Å². The molecule has 2 aromatic carbocycles. The highest BCUT2D eigenvalue weighted by Crippen LogP contribution is 2.29. The van der Waals surface area contributed by atoms with Crippen LogP contribution in [0.5, 0.6) is 0 Å². The first-order valence-electron chi connectivity index (χ1n) is 7.53. The van der Waals surface area contributed by atoms with Crippen molar-refractivity contribution in [1.82, 2.24) is 4.98 Å². The Hall–Kier alpha value is -2.61. The third kappa shape index (κ3) is 3.17. The summed E-state index contributed by atoms with van der Waals surface area (Å²) in [5.74, 6) is 0.293. The van der Waals surface area contributed by atoms with Crippen molar-refractivity contribution in [2.45, 2.75) is 19.3 Å². The predicted molar refractivity (Wildman–Crippen MR) is 91.8 cm³/mol. The van der Waals surface area contributed by atoms with E-state index in [1.807, 2.05) is 36.5 Å². The summed E-state index contributed by atoms with van der Waals surface area (Å²) < 4.78 is 0. The van der Waals surface area contributed by atoms with Crippen LogP contribution in [-0.2, 0) is 4.79 Å². The molecule has 0 aliphatic rings. The van der Waals surface area contributed by atoms with Crippen molar-refractivity contribution < 1.29 is 4.79 Å². The molecule has 1 heterocycles. The summed E-state index contributed by atoms with van der Waals surface area (Å²) in [6.45, 7) is 1.65. The van der Waals surface area contributed by atoms with Crippen LogP contribution < -0.4 is 0 Å². The smallest absolute Gasteiger partial charge is 0.130 e. The number of hydrogen-bond donors (Lipinski definition) is 1. The van der Waals surface area contributed by atoms with Crippen LogP contribution in [0.15, 0.2) is 66.9 Å². The normalized spacial score (nSPS) is 12.8. The molecule has 0 amide bonds. The number of ketones is 1. The van der Waals surface area contributed by atoms with Crippen LogP contribution in [-0.4, -0.2) is 10.8 Å². The second-order valence-corrected chi connectivity index (χ2v) is 5.57. The number of H-pyrrole nitrogens is 1. The number of carbonyl (C=O) groups is 1. The molecule has 0 fully saturated rings. The van der Waals surface area contributed by atoms with E-state index in [0.717, 1.165) is 11.1 Å². The van der Waals surface area contributed by atoms with Gasteiger partial charge in [-0.05, 0) is 24.1 Å². The van der Waals surface area contributed by atoms with Gasteiger partial charge in [0.05, 0.1) is 0 Å². The minimum Gasteiger partial charge on any atom is -0.361 e. The lowest BCUT2D eigenvalue weighted by molar-refractivity contribution is -0.117. The lowest BCUT2D eigenvalue weighted by Crippen LogP contribution is -2.01.